The summed E-state index contributed by atoms with van der Waals surface area (Å²) in [5.74, 6) is 0.470. The van der Waals surface area contributed by atoms with E-state index in [0.29, 0.717) is 27.9 Å². The van der Waals surface area contributed by atoms with Crippen LogP contribution >= 0.6 is 0 Å². The number of benzene rings is 2. The van der Waals surface area contributed by atoms with E-state index in [1.807, 2.05) is 33.2 Å². The van der Waals surface area contributed by atoms with Crippen LogP contribution < -0.4 is 11.0 Å². The summed E-state index contributed by atoms with van der Waals surface area (Å²) in [5, 5.41) is 11.5. The first-order chi connectivity index (χ1) is 14.3. The predicted molar refractivity (Wildman–Crippen MR) is 122 cm³/mol. The zero-order chi connectivity index (χ0) is 21.6. The number of aryl methyl sites for hydroxylation is 1. The lowest BCUT2D eigenvalue weighted by Crippen LogP contribution is -2.18. The van der Waals surface area contributed by atoms with Gasteiger partial charge in [-0.3, -0.25) is 9.59 Å². The van der Waals surface area contributed by atoms with E-state index in [4.69, 9.17) is 0 Å². The molecule has 6 nitrogen and oxygen atoms in total. The Hall–Kier alpha value is -3.38. The van der Waals surface area contributed by atoms with Gasteiger partial charge in [-0.1, -0.05) is 31.2 Å². The van der Waals surface area contributed by atoms with Gasteiger partial charge in [0.25, 0.3) is 5.56 Å². The van der Waals surface area contributed by atoms with Gasteiger partial charge in [-0.05, 0) is 49.7 Å². The Morgan fingerprint density at radius 3 is 2.40 bits per heavy atom. The minimum atomic E-state index is -0.438. The van der Waals surface area contributed by atoms with Crippen LogP contribution in [0.5, 0.6) is 5.75 Å². The van der Waals surface area contributed by atoms with Crippen molar-refractivity contribution in [1.82, 2.24) is 14.9 Å². The molecule has 1 atom stereocenters. The standard InChI is InChI=1S/C24H25N3O3/c1-13-11-18(29)19(16-7-5-15(6-8-16)14(2)12-27(3)4)21-22(13)26-24(30)20-17(28)9-10-25-23(20)21/h5-11,14,29H,12H2,1-4H3,(H,25,28)(H,26,30). The van der Waals surface area contributed by atoms with Crippen molar-refractivity contribution in [3.63, 3.8) is 0 Å². The number of phenols is 1. The van der Waals surface area contributed by atoms with E-state index in [1.165, 1.54) is 17.8 Å². The summed E-state index contributed by atoms with van der Waals surface area (Å²) in [6, 6.07) is 11.0. The van der Waals surface area contributed by atoms with Crippen molar-refractivity contribution in [2.45, 2.75) is 19.8 Å². The van der Waals surface area contributed by atoms with Gasteiger partial charge < -0.3 is 20.0 Å². The number of likely N-dealkylation sites (N-methyl/N-ethyl adjacent to an activating group) is 1. The Morgan fingerprint density at radius 2 is 1.73 bits per heavy atom. The van der Waals surface area contributed by atoms with E-state index in [2.05, 4.69) is 33.9 Å². The lowest BCUT2D eigenvalue weighted by molar-refractivity contribution is 0.383. The Labute approximate surface area is 173 Å². The molecule has 4 rings (SSSR count). The van der Waals surface area contributed by atoms with Crippen molar-refractivity contribution in [3.8, 4) is 16.9 Å². The highest BCUT2D eigenvalue weighted by molar-refractivity contribution is 6.13. The highest BCUT2D eigenvalue weighted by Crippen LogP contribution is 2.39. The van der Waals surface area contributed by atoms with Crippen molar-refractivity contribution >= 4 is 21.8 Å². The van der Waals surface area contributed by atoms with Crippen molar-refractivity contribution in [3.05, 3.63) is 74.3 Å². The molecule has 0 amide bonds. The maximum Gasteiger partial charge on any atom is 0.261 e. The molecule has 0 aliphatic rings. The van der Waals surface area contributed by atoms with E-state index in [1.54, 1.807) is 6.07 Å². The van der Waals surface area contributed by atoms with Gasteiger partial charge in [0.15, 0.2) is 5.43 Å². The van der Waals surface area contributed by atoms with Crippen LogP contribution in [0.3, 0.4) is 0 Å². The fraction of sp³-hybridized carbons (Fsp3) is 0.250. The average Bonchev–Trinajstić information content (AvgIpc) is 2.69. The predicted octanol–water partition coefficient (Wildman–Crippen LogP) is 3.72. The lowest BCUT2D eigenvalue weighted by atomic mass is 9.93. The van der Waals surface area contributed by atoms with Crippen molar-refractivity contribution in [2.24, 2.45) is 0 Å². The zero-order valence-corrected chi connectivity index (χ0v) is 17.5. The summed E-state index contributed by atoms with van der Waals surface area (Å²) in [6.45, 7) is 4.93. The van der Waals surface area contributed by atoms with Gasteiger partial charge in [0.2, 0.25) is 0 Å². The van der Waals surface area contributed by atoms with Gasteiger partial charge in [0, 0.05) is 29.8 Å². The van der Waals surface area contributed by atoms with Crippen LogP contribution in [0.15, 0.2) is 52.2 Å². The molecule has 30 heavy (non-hydrogen) atoms. The normalized spacial score (nSPS) is 12.7. The van der Waals surface area contributed by atoms with E-state index in [-0.39, 0.29) is 16.6 Å². The molecule has 0 radical (unpaired) electrons. The monoisotopic (exact) mass is 403 g/mol. The minimum Gasteiger partial charge on any atom is -0.507 e. The highest BCUT2D eigenvalue weighted by atomic mass is 16.3. The number of hydrogen-bond acceptors (Lipinski definition) is 4. The fourth-order valence-electron chi connectivity index (χ4n) is 4.21. The Balaban J connectivity index is 2.01. The molecule has 3 N–H and O–H groups in total. The fourth-order valence-corrected chi connectivity index (χ4v) is 4.21. The second kappa shape index (κ2) is 7.46. The van der Waals surface area contributed by atoms with Crippen LogP contribution in [-0.2, 0) is 0 Å². The third kappa shape index (κ3) is 3.29. The topological polar surface area (TPSA) is 89.2 Å². The first-order valence-corrected chi connectivity index (χ1v) is 9.93. The molecule has 4 aromatic rings. The van der Waals surface area contributed by atoms with Crippen LogP contribution in [-0.4, -0.2) is 40.6 Å². The van der Waals surface area contributed by atoms with Gasteiger partial charge in [0.1, 0.15) is 11.1 Å². The summed E-state index contributed by atoms with van der Waals surface area (Å²) in [4.78, 5) is 33.0. The van der Waals surface area contributed by atoms with Crippen molar-refractivity contribution < 1.29 is 5.11 Å². The molecule has 0 saturated carbocycles. The molecule has 0 aliphatic carbocycles. The van der Waals surface area contributed by atoms with Gasteiger partial charge >= 0.3 is 0 Å². The minimum absolute atomic E-state index is 0.0625. The second-order valence-electron chi connectivity index (χ2n) is 8.17. The highest BCUT2D eigenvalue weighted by Gasteiger charge is 2.18. The smallest absolute Gasteiger partial charge is 0.261 e. The van der Waals surface area contributed by atoms with Crippen molar-refractivity contribution in [2.75, 3.05) is 20.6 Å². The summed E-state index contributed by atoms with van der Waals surface area (Å²) >= 11 is 0. The number of aromatic amines is 2. The summed E-state index contributed by atoms with van der Waals surface area (Å²) in [6.07, 6.45) is 1.53. The van der Waals surface area contributed by atoms with E-state index < -0.39 is 5.56 Å². The molecular weight excluding hydrogens is 378 g/mol. The molecule has 0 saturated heterocycles. The molecule has 0 fully saturated rings. The molecule has 0 aliphatic heterocycles. The van der Waals surface area contributed by atoms with E-state index in [9.17, 15) is 14.7 Å². The first kappa shape index (κ1) is 19.9. The number of rotatable bonds is 4. The molecule has 2 heterocycles. The van der Waals surface area contributed by atoms with Crippen LogP contribution in [0.25, 0.3) is 32.9 Å². The third-order valence-corrected chi connectivity index (χ3v) is 5.59. The molecule has 0 spiro atoms. The molecular formula is C24H25N3O3. The largest absolute Gasteiger partial charge is 0.507 e. The molecule has 2 aromatic heterocycles. The summed E-state index contributed by atoms with van der Waals surface area (Å²) in [5.41, 5.74) is 3.58. The summed E-state index contributed by atoms with van der Waals surface area (Å²) < 4.78 is 0. The Kier molecular flexibility index (Phi) is 4.95. The Morgan fingerprint density at radius 1 is 1.03 bits per heavy atom. The number of phenolic OH excluding ortho intramolecular Hbond substituents is 1. The number of hydrogen-bond donors (Lipinski definition) is 3. The lowest BCUT2D eigenvalue weighted by Gasteiger charge is -2.18. The first-order valence-electron chi connectivity index (χ1n) is 9.93. The molecule has 154 valence electrons. The average molecular weight is 403 g/mol. The van der Waals surface area contributed by atoms with Crippen molar-refractivity contribution in [1.29, 1.82) is 0 Å². The number of nitrogens with one attached hydrogen (secondary N) is 2. The second-order valence-corrected chi connectivity index (χ2v) is 8.17. The number of aromatic hydroxyl groups is 1. The van der Waals surface area contributed by atoms with E-state index in [0.717, 1.165) is 17.7 Å². The number of H-pyrrole nitrogens is 2. The van der Waals surface area contributed by atoms with Gasteiger partial charge in [-0.25, -0.2) is 0 Å². The molecule has 2 aromatic carbocycles. The van der Waals surface area contributed by atoms with Crippen LogP contribution in [0.2, 0.25) is 0 Å². The van der Waals surface area contributed by atoms with Crippen LogP contribution in [0, 0.1) is 6.92 Å². The number of fused-ring (bicyclic) bond motifs is 3. The maximum absolute atomic E-state index is 12.6. The number of nitrogens with zero attached hydrogens (tertiary/aromatic N) is 1. The van der Waals surface area contributed by atoms with Gasteiger partial charge in [0.05, 0.1) is 11.0 Å². The molecule has 0 bridgehead atoms. The van der Waals surface area contributed by atoms with Gasteiger partial charge in [-0.15, -0.1) is 0 Å². The molecule has 1 unspecified atom stereocenters. The van der Waals surface area contributed by atoms with Gasteiger partial charge in [-0.2, -0.15) is 0 Å². The molecule has 6 heteroatoms. The maximum atomic E-state index is 12.6. The van der Waals surface area contributed by atoms with Crippen LogP contribution in [0.4, 0.5) is 0 Å². The quantitative estimate of drug-likeness (QED) is 0.453. The third-order valence-electron chi connectivity index (χ3n) is 5.59. The Bertz CT molecular complexity index is 1370. The summed E-state index contributed by atoms with van der Waals surface area (Å²) in [7, 11) is 4.10. The number of pyridine rings is 2. The SMILES string of the molecule is Cc1cc(O)c(-c2ccc(C(C)CN(C)C)cc2)c2c1[nH]c(=O)c1c(=O)cc[nH]c12. The van der Waals surface area contributed by atoms with E-state index >= 15 is 0 Å². The van der Waals surface area contributed by atoms with Crippen LogP contribution in [0.1, 0.15) is 24.0 Å². The zero-order valence-electron chi connectivity index (χ0n) is 17.5. The number of aromatic nitrogens is 2.